The molecule has 3 rings (SSSR count). The molecule has 0 saturated heterocycles. The molecule has 0 radical (unpaired) electrons. The Morgan fingerprint density at radius 2 is 1.82 bits per heavy atom. The van der Waals surface area contributed by atoms with Crippen molar-refractivity contribution in [3.8, 4) is 0 Å². The van der Waals surface area contributed by atoms with Gasteiger partial charge in [0.1, 0.15) is 11.0 Å². The molecule has 1 aliphatic rings. The fourth-order valence-electron chi connectivity index (χ4n) is 3.93. The minimum atomic E-state index is -1.17. The lowest BCUT2D eigenvalue weighted by atomic mass is 9.90. The van der Waals surface area contributed by atoms with Gasteiger partial charge in [-0.2, -0.15) is 0 Å². The highest BCUT2D eigenvalue weighted by atomic mass is 32.1. The van der Waals surface area contributed by atoms with Crippen LogP contribution in [0.5, 0.6) is 0 Å². The number of aromatic nitrogens is 1. The summed E-state index contributed by atoms with van der Waals surface area (Å²) < 4.78 is 5.66. The molecule has 0 fully saturated rings. The van der Waals surface area contributed by atoms with E-state index in [1.54, 1.807) is 36.2 Å². The average molecular weight is 487 g/mol. The van der Waals surface area contributed by atoms with Crippen molar-refractivity contribution in [2.24, 2.45) is 5.41 Å². The van der Waals surface area contributed by atoms with Crippen LogP contribution in [0.25, 0.3) is 0 Å². The van der Waals surface area contributed by atoms with Gasteiger partial charge in [-0.3, -0.25) is 14.5 Å². The van der Waals surface area contributed by atoms with Gasteiger partial charge in [0.05, 0.1) is 29.1 Å². The Morgan fingerprint density at radius 3 is 2.38 bits per heavy atom. The average Bonchev–Trinajstić information content (AvgIpc) is 3.14. The van der Waals surface area contributed by atoms with Crippen molar-refractivity contribution < 1.29 is 19.1 Å². The minimum Gasteiger partial charge on any atom is -0.444 e. The Morgan fingerprint density at radius 1 is 1.15 bits per heavy atom. The number of nitrogens with zero attached hydrogens (tertiary/aromatic N) is 4. The van der Waals surface area contributed by atoms with Gasteiger partial charge < -0.3 is 14.5 Å². The van der Waals surface area contributed by atoms with E-state index in [0.29, 0.717) is 24.5 Å². The van der Waals surface area contributed by atoms with E-state index >= 15 is 0 Å². The van der Waals surface area contributed by atoms with Crippen molar-refractivity contribution in [2.75, 3.05) is 23.4 Å². The number of carbonyl (C=O) groups excluding carboxylic acids is 3. The van der Waals surface area contributed by atoms with Crippen LogP contribution in [0.1, 0.15) is 57.7 Å². The first-order valence-electron chi connectivity index (χ1n) is 11.4. The second-order valence-corrected chi connectivity index (χ2v) is 11.0. The summed E-state index contributed by atoms with van der Waals surface area (Å²) in [5.74, 6) is -0.495. The van der Waals surface area contributed by atoms with Crippen LogP contribution < -0.4 is 9.80 Å². The molecule has 0 N–H and O–H groups in total. The van der Waals surface area contributed by atoms with Crippen LogP contribution in [-0.2, 0) is 27.4 Å². The van der Waals surface area contributed by atoms with Crippen molar-refractivity contribution in [3.63, 3.8) is 0 Å². The summed E-state index contributed by atoms with van der Waals surface area (Å²) in [6, 6.07) is 5.62. The highest BCUT2D eigenvalue weighted by molar-refractivity contribution is 7.09. The number of benzene rings is 1. The molecule has 0 saturated carbocycles. The third kappa shape index (κ3) is 5.09. The van der Waals surface area contributed by atoms with Crippen molar-refractivity contribution in [1.29, 1.82) is 0 Å². The largest absolute Gasteiger partial charge is 0.444 e. The van der Waals surface area contributed by atoms with Crippen LogP contribution in [-0.4, -0.2) is 47.0 Å². The topological polar surface area (TPSA) is 83.1 Å². The molecule has 0 atom stereocenters. The number of amides is 3. The highest BCUT2D eigenvalue weighted by Gasteiger charge is 2.45. The van der Waals surface area contributed by atoms with Crippen molar-refractivity contribution in [2.45, 2.75) is 67.2 Å². The smallest absolute Gasteiger partial charge is 0.410 e. The molecule has 0 unspecified atom stereocenters. The van der Waals surface area contributed by atoms with E-state index in [2.05, 4.69) is 4.98 Å². The molecule has 0 bridgehead atoms. The third-order valence-corrected chi connectivity index (χ3v) is 6.75. The molecule has 1 aromatic heterocycles. The highest BCUT2D eigenvalue weighted by Crippen LogP contribution is 2.39. The summed E-state index contributed by atoms with van der Waals surface area (Å²) in [4.78, 5) is 49.4. The zero-order valence-corrected chi connectivity index (χ0v) is 22.1. The SMILES string of the molecule is CCN1C(=O)C(C)(C)C(=O)N(C)c2cc(CN(Cc3scnc3C)C(=O)OC(C)(C)C)ccc21. The number of aryl methyl sites for hydroxylation is 1. The van der Waals surface area contributed by atoms with Gasteiger partial charge in [0.15, 0.2) is 0 Å². The van der Waals surface area contributed by atoms with E-state index in [0.717, 1.165) is 16.1 Å². The lowest BCUT2D eigenvalue weighted by Crippen LogP contribution is -2.47. The number of hydrogen-bond donors (Lipinski definition) is 0. The number of carbonyl (C=O) groups is 3. The Kier molecular flexibility index (Phi) is 7.07. The van der Waals surface area contributed by atoms with Gasteiger partial charge in [-0.15, -0.1) is 11.3 Å². The van der Waals surface area contributed by atoms with Crippen molar-refractivity contribution >= 4 is 40.6 Å². The normalized spacial score (nSPS) is 15.8. The maximum absolute atomic E-state index is 13.1. The van der Waals surface area contributed by atoms with E-state index in [-0.39, 0.29) is 18.4 Å². The van der Waals surface area contributed by atoms with Crippen molar-refractivity contribution in [3.05, 3.63) is 39.8 Å². The van der Waals surface area contributed by atoms with Gasteiger partial charge in [0, 0.05) is 25.0 Å². The van der Waals surface area contributed by atoms with Crippen molar-refractivity contribution in [1.82, 2.24) is 9.88 Å². The molecular formula is C25H34N4O4S. The van der Waals surface area contributed by atoms with Gasteiger partial charge >= 0.3 is 6.09 Å². The molecule has 1 aliphatic heterocycles. The molecular weight excluding hydrogens is 452 g/mol. The summed E-state index contributed by atoms with van der Waals surface area (Å²) >= 11 is 1.50. The van der Waals surface area contributed by atoms with Gasteiger partial charge in [0.2, 0.25) is 11.8 Å². The van der Waals surface area contributed by atoms with Crippen LogP contribution in [0.2, 0.25) is 0 Å². The summed E-state index contributed by atoms with van der Waals surface area (Å²) in [6.07, 6.45) is -0.425. The minimum absolute atomic E-state index is 0.227. The quantitative estimate of drug-likeness (QED) is 0.570. The predicted octanol–water partition coefficient (Wildman–Crippen LogP) is 4.74. The lowest BCUT2D eigenvalue weighted by Gasteiger charge is -2.28. The van der Waals surface area contributed by atoms with Gasteiger partial charge in [-0.1, -0.05) is 6.07 Å². The molecule has 8 nitrogen and oxygen atoms in total. The van der Waals surface area contributed by atoms with E-state index in [1.807, 2.05) is 52.8 Å². The molecule has 184 valence electrons. The molecule has 1 aromatic carbocycles. The zero-order chi connectivity index (χ0) is 25.4. The second-order valence-electron chi connectivity index (χ2n) is 10.1. The number of anilines is 2. The Balaban J connectivity index is 1.99. The van der Waals surface area contributed by atoms with Gasteiger partial charge in [-0.05, 0) is 66.2 Å². The van der Waals surface area contributed by atoms with E-state index in [4.69, 9.17) is 4.74 Å². The van der Waals surface area contributed by atoms with E-state index in [1.165, 1.54) is 16.2 Å². The number of rotatable bonds is 5. The number of ether oxygens (including phenoxy) is 1. The first-order chi connectivity index (χ1) is 15.8. The Labute approximate surface area is 205 Å². The molecule has 34 heavy (non-hydrogen) atoms. The van der Waals surface area contributed by atoms with Crippen LogP contribution in [0.4, 0.5) is 16.2 Å². The summed E-state index contributed by atoms with van der Waals surface area (Å²) in [6.45, 7) is 13.7. The lowest BCUT2D eigenvalue weighted by molar-refractivity contribution is -0.137. The fraction of sp³-hybridized carbons (Fsp3) is 0.520. The summed E-state index contributed by atoms with van der Waals surface area (Å²) in [5.41, 5.74) is 2.99. The van der Waals surface area contributed by atoms with Gasteiger partial charge in [-0.25, -0.2) is 9.78 Å². The first-order valence-corrected chi connectivity index (χ1v) is 12.2. The molecule has 9 heteroatoms. The Hall–Kier alpha value is -2.94. The van der Waals surface area contributed by atoms with Crippen LogP contribution in [0.15, 0.2) is 23.7 Å². The number of hydrogen-bond acceptors (Lipinski definition) is 6. The first kappa shape index (κ1) is 25.7. The molecule has 3 amide bonds. The predicted molar refractivity (Wildman–Crippen MR) is 134 cm³/mol. The van der Waals surface area contributed by atoms with E-state index in [9.17, 15) is 14.4 Å². The van der Waals surface area contributed by atoms with Crippen LogP contribution >= 0.6 is 11.3 Å². The molecule has 2 aromatic rings. The second kappa shape index (κ2) is 9.37. The number of fused-ring (bicyclic) bond motifs is 1. The van der Waals surface area contributed by atoms with Gasteiger partial charge in [0.25, 0.3) is 0 Å². The standard InChI is InChI=1S/C25H34N4O4S/c1-9-29-18-11-10-17(12-19(18)27(8)21(30)25(6,7)22(29)31)13-28(23(32)33-24(3,4)5)14-20-16(2)26-15-34-20/h10-12,15H,9,13-14H2,1-8H3. The molecule has 2 heterocycles. The molecule has 0 aliphatic carbocycles. The van der Waals surface area contributed by atoms with E-state index < -0.39 is 17.1 Å². The number of thiazole rings is 1. The van der Waals surface area contributed by atoms with Crippen LogP contribution in [0.3, 0.4) is 0 Å². The zero-order valence-electron chi connectivity index (χ0n) is 21.3. The maximum atomic E-state index is 13.1. The monoisotopic (exact) mass is 486 g/mol. The Bertz CT molecular complexity index is 1100. The summed E-state index contributed by atoms with van der Waals surface area (Å²) in [7, 11) is 1.69. The fourth-order valence-corrected chi connectivity index (χ4v) is 4.72. The van der Waals surface area contributed by atoms with Crippen LogP contribution in [0, 0.1) is 12.3 Å². The summed E-state index contributed by atoms with van der Waals surface area (Å²) in [5, 5.41) is 0. The maximum Gasteiger partial charge on any atom is 0.410 e. The third-order valence-electron chi connectivity index (χ3n) is 5.83. The molecule has 0 spiro atoms.